The van der Waals surface area contributed by atoms with E-state index in [1.807, 2.05) is 6.92 Å². The normalized spacial score (nSPS) is 11.1. The van der Waals surface area contributed by atoms with Gasteiger partial charge < -0.3 is 10.7 Å². The highest BCUT2D eigenvalue weighted by Crippen LogP contribution is 2.23. The minimum Gasteiger partial charge on any atom is -0.357 e. The van der Waals surface area contributed by atoms with Crippen LogP contribution in [0.15, 0.2) is 18.2 Å². The largest absolute Gasteiger partial charge is 0.357 e. The summed E-state index contributed by atoms with van der Waals surface area (Å²) in [6.07, 6.45) is 0.871. The van der Waals surface area contributed by atoms with E-state index in [-0.39, 0.29) is 5.82 Å². The molecule has 0 saturated carbocycles. The number of hydrogen-bond acceptors (Lipinski definition) is 1. The first-order chi connectivity index (χ1) is 6.76. The van der Waals surface area contributed by atoms with Crippen molar-refractivity contribution in [3.05, 3.63) is 35.3 Å². The Kier molecular flexibility index (Phi) is 2.25. The van der Waals surface area contributed by atoms with Crippen LogP contribution in [0.1, 0.15) is 18.2 Å². The molecule has 0 aliphatic rings. The van der Waals surface area contributed by atoms with Gasteiger partial charge in [0.15, 0.2) is 0 Å². The first-order valence-corrected chi connectivity index (χ1v) is 4.75. The van der Waals surface area contributed by atoms with Gasteiger partial charge in [-0.2, -0.15) is 0 Å². The number of hydrogen-bond donors (Lipinski definition) is 2. The van der Waals surface area contributed by atoms with E-state index < -0.39 is 0 Å². The molecule has 1 aromatic heterocycles. The monoisotopic (exact) mass is 192 g/mol. The topological polar surface area (TPSA) is 41.8 Å². The molecule has 0 aliphatic heterocycles. The van der Waals surface area contributed by atoms with Crippen molar-refractivity contribution in [2.45, 2.75) is 19.9 Å². The van der Waals surface area contributed by atoms with Gasteiger partial charge in [0.1, 0.15) is 5.82 Å². The Morgan fingerprint density at radius 2 is 2.21 bits per heavy atom. The van der Waals surface area contributed by atoms with Crippen LogP contribution >= 0.6 is 0 Å². The average molecular weight is 192 g/mol. The number of nitrogens with two attached hydrogens (primary N) is 1. The molecule has 3 N–H and O–H groups in total. The number of fused-ring (bicyclic) bond motifs is 1. The van der Waals surface area contributed by atoms with Crippen LogP contribution in [0.25, 0.3) is 10.9 Å². The molecular weight excluding hydrogens is 179 g/mol. The van der Waals surface area contributed by atoms with Gasteiger partial charge >= 0.3 is 0 Å². The number of nitrogens with one attached hydrogen (secondary N) is 1. The van der Waals surface area contributed by atoms with Crippen molar-refractivity contribution in [3.63, 3.8) is 0 Å². The Bertz CT molecular complexity index is 460. The maximum atomic E-state index is 13.0. The van der Waals surface area contributed by atoms with Crippen molar-refractivity contribution in [3.8, 4) is 0 Å². The molecular formula is C11H13FN2. The molecule has 0 atom stereocenters. The van der Waals surface area contributed by atoms with Crippen LogP contribution in [0.2, 0.25) is 0 Å². The number of aryl methyl sites for hydroxylation is 1. The van der Waals surface area contributed by atoms with Gasteiger partial charge in [0.05, 0.1) is 0 Å². The lowest BCUT2D eigenvalue weighted by molar-refractivity contribution is 0.629. The van der Waals surface area contributed by atoms with Crippen molar-refractivity contribution in [2.75, 3.05) is 0 Å². The molecule has 0 spiro atoms. The van der Waals surface area contributed by atoms with Crippen LogP contribution in [0.4, 0.5) is 4.39 Å². The minimum atomic E-state index is -0.199. The van der Waals surface area contributed by atoms with Gasteiger partial charge in [0.2, 0.25) is 0 Å². The van der Waals surface area contributed by atoms with Gasteiger partial charge in [0.25, 0.3) is 0 Å². The van der Waals surface area contributed by atoms with Crippen molar-refractivity contribution in [2.24, 2.45) is 5.73 Å². The van der Waals surface area contributed by atoms with E-state index >= 15 is 0 Å². The quantitative estimate of drug-likeness (QED) is 0.753. The number of H-pyrrole nitrogens is 1. The summed E-state index contributed by atoms with van der Waals surface area (Å²) >= 11 is 0. The number of halogens is 1. The summed E-state index contributed by atoms with van der Waals surface area (Å²) in [6, 6.07) is 4.77. The predicted octanol–water partition coefficient (Wildman–Crippen LogP) is 2.33. The highest BCUT2D eigenvalue weighted by atomic mass is 19.1. The first-order valence-electron chi connectivity index (χ1n) is 4.75. The van der Waals surface area contributed by atoms with E-state index in [1.54, 1.807) is 12.1 Å². The Balaban J connectivity index is 2.74. The SMILES string of the molecule is CCc1c(CN)[nH]c2ccc(F)cc12. The fraction of sp³-hybridized carbons (Fsp3) is 0.273. The summed E-state index contributed by atoms with van der Waals surface area (Å²) in [6.45, 7) is 2.52. The maximum Gasteiger partial charge on any atom is 0.123 e. The van der Waals surface area contributed by atoms with Crippen molar-refractivity contribution < 1.29 is 4.39 Å². The van der Waals surface area contributed by atoms with E-state index in [2.05, 4.69) is 4.98 Å². The molecule has 0 saturated heterocycles. The van der Waals surface area contributed by atoms with Gasteiger partial charge in [-0.15, -0.1) is 0 Å². The summed E-state index contributed by atoms with van der Waals surface area (Å²) < 4.78 is 13.0. The molecule has 14 heavy (non-hydrogen) atoms. The highest BCUT2D eigenvalue weighted by molar-refractivity contribution is 5.84. The molecule has 0 amide bonds. The van der Waals surface area contributed by atoms with Crippen LogP contribution in [-0.2, 0) is 13.0 Å². The van der Waals surface area contributed by atoms with Crippen LogP contribution in [0, 0.1) is 5.82 Å². The van der Waals surface area contributed by atoms with Crippen LogP contribution in [0.3, 0.4) is 0 Å². The van der Waals surface area contributed by atoms with E-state index in [9.17, 15) is 4.39 Å². The first kappa shape index (κ1) is 9.21. The molecule has 1 heterocycles. The van der Waals surface area contributed by atoms with E-state index in [0.717, 1.165) is 28.6 Å². The lowest BCUT2D eigenvalue weighted by atomic mass is 10.1. The fourth-order valence-electron chi connectivity index (χ4n) is 1.85. The van der Waals surface area contributed by atoms with Gasteiger partial charge in [-0.25, -0.2) is 4.39 Å². The molecule has 0 fully saturated rings. The molecule has 0 bridgehead atoms. The summed E-state index contributed by atoms with van der Waals surface area (Å²) in [5, 5.41) is 0.952. The van der Waals surface area contributed by atoms with E-state index in [1.165, 1.54) is 6.07 Å². The third-order valence-electron chi connectivity index (χ3n) is 2.51. The van der Waals surface area contributed by atoms with Gasteiger partial charge in [-0.3, -0.25) is 0 Å². The third-order valence-corrected chi connectivity index (χ3v) is 2.51. The molecule has 1 aromatic carbocycles. The molecule has 2 rings (SSSR count). The standard InChI is InChI=1S/C11H13FN2/c1-2-8-9-5-7(12)3-4-10(9)14-11(8)6-13/h3-5,14H,2,6,13H2,1H3. The Morgan fingerprint density at radius 3 is 2.86 bits per heavy atom. The molecule has 3 heteroatoms. The Morgan fingerprint density at radius 1 is 1.43 bits per heavy atom. The zero-order chi connectivity index (χ0) is 10.1. The second-order valence-corrected chi connectivity index (χ2v) is 3.33. The molecule has 0 unspecified atom stereocenters. The molecule has 2 aromatic rings. The van der Waals surface area contributed by atoms with Crippen molar-refractivity contribution in [1.82, 2.24) is 4.98 Å². The third kappa shape index (κ3) is 1.30. The summed E-state index contributed by atoms with van der Waals surface area (Å²) in [4.78, 5) is 3.20. The highest BCUT2D eigenvalue weighted by Gasteiger charge is 2.08. The van der Waals surface area contributed by atoms with Crippen molar-refractivity contribution in [1.29, 1.82) is 0 Å². The van der Waals surface area contributed by atoms with E-state index in [4.69, 9.17) is 5.73 Å². The Labute approximate surface area is 81.9 Å². The average Bonchev–Trinajstić information content (AvgIpc) is 2.54. The number of aromatic amines is 1. The number of benzene rings is 1. The lowest BCUT2D eigenvalue weighted by Gasteiger charge is -1.97. The summed E-state index contributed by atoms with van der Waals surface area (Å²) in [7, 11) is 0. The second kappa shape index (κ2) is 3.42. The zero-order valence-electron chi connectivity index (χ0n) is 8.10. The zero-order valence-corrected chi connectivity index (χ0v) is 8.10. The van der Waals surface area contributed by atoms with Crippen LogP contribution in [-0.4, -0.2) is 4.98 Å². The smallest absolute Gasteiger partial charge is 0.123 e. The lowest BCUT2D eigenvalue weighted by Crippen LogP contribution is -1.99. The van der Waals surface area contributed by atoms with Crippen LogP contribution in [0.5, 0.6) is 0 Å². The predicted molar refractivity (Wildman–Crippen MR) is 55.5 cm³/mol. The second-order valence-electron chi connectivity index (χ2n) is 3.33. The van der Waals surface area contributed by atoms with Gasteiger partial charge in [-0.1, -0.05) is 6.92 Å². The number of aromatic nitrogens is 1. The fourth-order valence-corrected chi connectivity index (χ4v) is 1.85. The van der Waals surface area contributed by atoms with Gasteiger partial charge in [0, 0.05) is 23.1 Å². The molecule has 0 radical (unpaired) electrons. The van der Waals surface area contributed by atoms with Crippen LogP contribution < -0.4 is 5.73 Å². The maximum absolute atomic E-state index is 13.0. The molecule has 74 valence electrons. The van der Waals surface area contributed by atoms with Crippen molar-refractivity contribution >= 4 is 10.9 Å². The van der Waals surface area contributed by atoms with E-state index in [0.29, 0.717) is 6.54 Å². The summed E-state index contributed by atoms with van der Waals surface area (Å²) in [5.41, 5.74) is 8.70. The minimum absolute atomic E-state index is 0.199. The Hall–Kier alpha value is -1.35. The number of rotatable bonds is 2. The molecule has 2 nitrogen and oxygen atoms in total. The molecule has 0 aliphatic carbocycles. The van der Waals surface area contributed by atoms with Gasteiger partial charge in [-0.05, 0) is 30.2 Å². The summed E-state index contributed by atoms with van der Waals surface area (Å²) in [5.74, 6) is -0.199.